The molecule has 1 aromatic rings. The summed E-state index contributed by atoms with van der Waals surface area (Å²) in [6, 6.07) is 7.60. The summed E-state index contributed by atoms with van der Waals surface area (Å²) in [6.07, 6.45) is 7.24. The van der Waals surface area contributed by atoms with Crippen LogP contribution < -0.4 is 10.1 Å². The first-order valence-corrected chi connectivity index (χ1v) is 9.32. The van der Waals surface area contributed by atoms with Gasteiger partial charge in [0.25, 0.3) is 5.91 Å². The van der Waals surface area contributed by atoms with E-state index in [-0.39, 0.29) is 12.0 Å². The molecule has 1 amide bonds. The van der Waals surface area contributed by atoms with Gasteiger partial charge in [0.05, 0.1) is 6.10 Å². The van der Waals surface area contributed by atoms with Gasteiger partial charge < -0.3 is 14.8 Å². The maximum absolute atomic E-state index is 12.9. The molecule has 1 unspecified atom stereocenters. The molecule has 0 radical (unpaired) electrons. The van der Waals surface area contributed by atoms with Crippen LogP contribution in [0.25, 0.3) is 0 Å². The minimum absolute atomic E-state index is 0.0122. The van der Waals surface area contributed by atoms with Gasteiger partial charge in [-0.25, -0.2) is 0 Å². The van der Waals surface area contributed by atoms with Crippen LogP contribution in [0.5, 0.6) is 5.75 Å². The Morgan fingerprint density at radius 2 is 1.75 bits per heavy atom. The smallest absolute Gasteiger partial charge is 0.256 e. The van der Waals surface area contributed by atoms with Gasteiger partial charge >= 0.3 is 0 Å². The van der Waals surface area contributed by atoms with Crippen molar-refractivity contribution in [3.8, 4) is 5.75 Å². The predicted octanol–water partition coefficient (Wildman–Crippen LogP) is 4.93. The summed E-state index contributed by atoms with van der Waals surface area (Å²) < 4.78 is 11.7. The number of carbonyl (C=O) groups is 1. The first kappa shape index (κ1) is 18.8. The van der Waals surface area contributed by atoms with Crippen molar-refractivity contribution in [2.45, 2.75) is 77.4 Å². The zero-order valence-corrected chi connectivity index (χ0v) is 15.3. The topological polar surface area (TPSA) is 47.6 Å². The summed E-state index contributed by atoms with van der Waals surface area (Å²) in [5.74, 6) is 0.818. The molecular formula is C20H31NO3. The number of nitrogens with one attached hydrogen (secondary N) is 1. The zero-order valence-electron chi connectivity index (χ0n) is 15.3. The number of rotatable bonds is 7. The highest BCUT2D eigenvalue weighted by Crippen LogP contribution is 2.32. The van der Waals surface area contributed by atoms with Crippen LogP contribution in [0.2, 0.25) is 0 Å². The van der Waals surface area contributed by atoms with Gasteiger partial charge in [-0.3, -0.25) is 4.79 Å². The van der Waals surface area contributed by atoms with Gasteiger partial charge in [-0.2, -0.15) is 0 Å². The maximum atomic E-state index is 12.9. The molecule has 0 aromatic heterocycles. The molecule has 1 aliphatic rings. The Balaban J connectivity index is 2.03. The Hall–Kier alpha value is -1.55. The van der Waals surface area contributed by atoms with Crippen LogP contribution in [0.3, 0.4) is 0 Å². The average molecular weight is 333 g/mol. The van der Waals surface area contributed by atoms with Crippen molar-refractivity contribution in [1.29, 1.82) is 0 Å². The molecule has 1 fully saturated rings. The molecule has 2 rings (SSSR count). The van der Waals surface area contributed by atoms with Crippen molar-refractivity contribution < 1.29 is 14.3 Å². The van der Waals surface area contributed by atoms with Crippen LogP contribution in [-0.2, 0) is 9.53 Å². The molecule has 0 spiro atoms. The summed E-state index contributed by atoms with van der Waals surface area (Å²) in [4.78, 5) is 12.9. The van der Waals surface area contributed by atoms with Crippen LogP contribution in [0.15, 0.2) is 24.3 Å². The molecule has 134 valence electrons. The van der Waals surface area contributed by atoms with Gasteiger partial charge in [-0.05, 0) is 57.4 Å². The Morgan fingerprint density at radius 3 is 2.29 bits per heavy atom. The molecule has 1 aliphatic carbocycles. The Labute approximate surface area is 145 Å². The van der Waals surface area contributed by atoms with Crippen LogP contribution in [0.4, 0.5) is 5.69 Å². The molecule has 1 N–H and O–H groups in total. The van der Waals surface area contributed by atoms with Gasteiger partial charge in [-0.15, -0.1) is 0 Å². The molecule has 4 nitrogen and oxygen atoms in total. The van der Waals surface area contributed by atoms with Crippen molar-refractivity contribution in [3.63, 3.8) is 0 Å². The van der Waals surface area contributed by atoms with E-state index in [4.69, 9.17) is 9.47 Å². The van der Waals surface area contributed by atoms with Crippen LogP contribution in [0.1, 0.15) is 65.7 Å². The van der Waals surface area contributed by atoms with Gasteiger partial charge in [0.1, 0.15) is 11.4 Å². The summed E-state index contributed by atoms with van der Waals surface area (Å²) in [6.45, 7) is 6.67. The molecule has 1 aromatic carbocycles. The first-order valence-electron chi connectivity index (χ1n) is 9.32. The number of benzene rings is 1. The van der Waals surface area contributed by atoms with Crippen LogP contribution >= 0.6 is 0 Å². The normalized spacial score (nSPS) is 18.5. The monoisotopic (exact) mass is 333 g/mol. The molecule has 0 heterocycles. The number of carbonyl (C=O) groups excluding carboxylic acids is 1. The quantitative estimate of drug-likeness (QED) is 0.720. The number of ether oxygens (including phenoxy) is 2. The van der Waals surface area contributed by atoms with E-state index in [1.165, 1.54) is 12.8 Å². The molecule has 0 bridgehead atoms. The minimum atomic E-state index is -0.669. The predicted molar refractivity (Wildman–Crippen MR) is 97.5 cm³/mol. The molecule has 1 saturated carbocycles. The molecule has 0 saturated heterocycles. The van der Waals surface area contributed by atoms with Crippen molar-refractivity contribution in [2.24, 2.45) is 0 Å². The second kappa shape index (κ2) is 9.07. The summed E-state index contributed by atoms with van der Waals surface area (Å²) >= 11 is 0. The third-order valence-electron chi connectivity index (χ3n) is 4.77. The third kappa shape index (κ3) is 4.97. The van der Waals surface area contributed by atoms with Crippen LogP contribution in [0, 0.1) is 0 Å². The highest BCUT2D eigenvalue weighted by Gasteiger charge is 2.39. The summed E-state index contributed by atoms with van der Waals surface area (Å²) in [5.41, 5.74) is 0.122. The van der Waals surface area contributed by atoms with Crippen molar-refractivity contribution in [3.05, 3.63) is 24.3 Å². The Bertz CT molecular complexity index is 504. The van der Waals surface area contributed by atoms with Crippen molar-refractivity contribution in [2.75, 3.05) is 11.9 Å². The lowest BCUT2D eigenvalue weighted by molar-refractivity contribution is -0.143. The lowest BCUT2D eigenvalue weighted by Gasteiger charge is -2.31. The number of anilines is 1. The lowest BCUT2D eigenvalue weighted by atomic mass is 9.93. The maximum Gasteiger partial charge on any atom is 0.256 e. The third-order valence-corrected chi connectivity index (χ3v) is 4.77. The van der Waals surface area contributed by atoms with Gasteiger partial charge in [0.15, 0.2) is 0 Å². The second-order valence-corrected chi connectivity index (χ2v) is 6.66. The van der Waals surface area contributed by atoms with E-state index < -0.39 is 5.60 Å². The van der Waals surface area contributed by atoms with E-state index in [9.17, 15) is 4.79 Å². The molecular weight excluding hydrogens is 302 g/mol. The van der Waals surface area contributed by atoms with Gasteiger partial charge in [-0.1, -0.05) is 32.6 Å². The van der Waals surface area contributed by atoms with E-state index in [2.05, 4.69) is 12.2 Å². The lowest BCUT2D eigenvalue weighted by Crippen LogP contribution is -2.45. The second-order valence-electron chi connectivity index (χ2n) is 6.66. The van der Waals surface area contributed by atoms with E-state index in [1.54, 1.807) is 0 Å². The summed E-state index contributed by atoms with van der Waals surface area (Å²) in [5, 5.41) is 3.04. The zero-order chi connectivity index (χ0) is 17.4. The molecule has 0 aliphatic heterocycles. The summed E-state index contributed by atoms with van der Waals surface area (Å²) in [7, 11) is 0. The number of hydrogen-bond donors (Lipinski definition) is 1. The molecule has 1 atom stereocenters. The highest BCUT2D eigenvalue weighted by molar-refractivity contribution is 5.97. The van der Waals surface area contributed by atoms with E-state index in [1.807, 2.05) is 38.1 Å². The largest absolute Gasteiger partial charge is 0.491 e. The molecule has 4 heteroatoms. The average Bonchev–Trinajstić information content (AvgIpc) is 2.83. The van der Waals surface area contributed by atoms with E-state index in [0.717, 1.165) is 43.5 Å². The fourth-order valence-electron chi connectivity index (χ4n) is 3.19. The van der Waals surface area contributed by atoms with E-state index in [0.29, 0.717) is 6.61 Å². The van der Waals surface area contributed by atoms with Crippen molar-refractivity contribution >= 4 is 11.6 Å². The fraction of sp³-hybridized carbons (Fsp3) is 0.650. The Kier molecular flexibility index (Phi) is 7.10. The standard InChI is InChI=1S/C20H31NO3/c1-4-16(3)24-18-12-10-17(11-13-18)21-19(22)20(23-5-2)14-8-6-7-9-15-20/h10-13,16H,4-9,14-15H2,1-3H3,(H,21,22). The highest BCUT2D eigenvalue weighted by atomic mass is 16.5. The number of hydrogen-bond acceptors (Lipinski definition) is 3. The van der Waals surface area contributed by atoms with Crippen LogP contribution in [-0.4, -0.2) is 24.2 Å². The minimum Gasteiger partial charge on any atom is -0.491 e. The van der Waals surface area contributed by atoms with E-state index >= 15 is 0 Å². The Morgan fingerprint density at radius 1 is 1.12 bits per heavy atom. The van der Waals surface area contributed by atoms with Gasteiger partial charge in [0.2, 0.25) is 0 Å². The number of amides is 1. The fourth-order valence-corrected chi connectivity index (χ4v) is 3.19. The SMILES string of the molecule is CCOC1(C(=O)Nc2ccc(OC(C)CC)cc2)CCCCCC1. The van der Waals surface area contributed by atoms with Gasteiger partial charge in [0, 0.05) is 12.3 Å². The molecule has 24 heavy (non-hydrogen) atoms. The van der Waals surface area contributed by atoms with Crippen molar-refractivity contribution in [1.82, 2.24) is 0 Å². The first-order chi connectivity index (χ1) is 11.6.